The molecule has 0 aliphatic carbocycles. The summed E-state index contributed by atoms with van der Waals surface area (Å²) in [4.78, 5) is 22.7. The molecule has 0 aliphatic rings. The van der Waals surface area contributed by atoms with Gasteiger partial charge in [0.05, 0.1) is 10.5 Å². The highest BCUT2D eigenvalue weighted by Crippen LogP contribution is 2.22. The van der Waals surface area contributed by atoms with Gasteiger partial charge in [-0.15, -0.1) is 10.2 Å². The minimum Gasteiger partial charge on any atom is -0.452 e. The fourth-order valence-corrected chi connectivity index (χ4v) is 2.76. The van der Waals surface area contributed by atoms with Gasteiger partial charge in [0, 0.05) is 17.7 Å². The zero-order valence-electron chi connectivity index (χ0n) is 14.4. The maximum absolute atomic E-state index is 12.4. The number of rotatable bonds is 5. The maximum Gasteiger partial charge on any atom is 0.339 e. The summed E-state index contributed by atoms with van der Waals surface area (Å²) in [5.74, 6) is -0.181. The van der Waals surface area contributed by atoms with Crippen LogP contribution in [0.15, 0.2) is 71.1 Å². The highest BCUT2D eigenvalue weighted by Gasteiger charge is 2.15. The van der Waals surface area contributed by atoms with E-state index in [9.17, 15) is 14.9 Å². The zero-order chi connectivity index (χ0) is 19.5. The Bertz CT molecular complexity index is 1160. The average Bonchev–Trinajstić information content (AvgIpc) is 3.20. The van der Waals surface area contributed by atoms with Crippen LogP contribution in [-0.4, -0.2) is 21.1 Å². The number of hydrogen-bond acceptors (Lipinski definition) is 7. The van der Waals surface area contributed by atoms with Crippen LogP contribution in [0.4, 0.5) is 5.69 Å². The van der Waals surface area contributed by atoms with E-state index >= 15 is 0 Å². The van der Waals surface area contributed by atoms with Crippen molar-refractivity contribution < 1.29 is 18.9 Å². The molecular formula is C20H13N3O5. The lowest BCUT2D eigenvalue weighted by Crippen LogP contribution is -2.06. The van der Waals surface area contributed by atoms with Crippen molar-refractivity contribution >= 4 is 22.4 Å². The van der Waals surface area contributed by atoms with Crippen LogP contribution in [0, 0.1) is 10.1 Å². The molecule has 138 valence electrons. The third kappa shape index (κ3) is 3.43. The largest absolute Gasteiger partial charge is 0.452 e. The second-order valence-corrected chi connectivity index (χ2v) is 5.91. The van der Waals surface area contributed by atoms with Gasteiger partial charge in [-0.2, -0.15) is 0 Å². The molecule has 0 aliphatic heterocycles. The molecule has 0 fully saturated rings. The number of nitro groups is 1. The summed E-state index contributed by atoms with van der Waals surface area (Å²) in [7, 11) is 0. The van der Waals surface area contributed by atoms with Gasteiger partial charge in [-0.3, -0.25) is 10.1 Å². The van der Waals surface area contributed by atoms with E-state index in [0.717, 1.165) is 10.8 Å². The topological polar surface area (TPSA) is 108 Å². The Kier molecular flexibility index (Phi) is 4.51. The molecule has 0 saturated heterocycles. The summed E-state index contributed by atoms with van der Waals surface area (Å²) < 4.78 is 10.8. The molecule has 8 heteroatoms. The lowest BCUT2D eigenvalue weighted by molar-refractivity contribution is -0.384. The molecule has 0 amide bonds. The van der Waals surface area contributed by atoms with Crippen LogP contribution in [-0.2, 0) is 11.3 Å². The molecule has 4 rings (SSSR count). The minimum absolute atomic E-state index is 0.0347. The standard InChI is InChI=1S/C20H13N3O5/c24-20(17-7-3-5-13-4-1-2-6-16(13)17)27-12-18-21-22-19(28-18)14-8-10-15(11-9-14)23(25)26/h1-11H,12H2. The van der Waals surface area contributed by atoms with Crippen LogP contribution in [0.3, 0.4) is 0 Å². The molecule has 1 heterocycles. The molecule has 0 atom stereocenters. The Morgan fingerprint density at radius 2 is 1.75 bits per heavy atom. The number of ether oxygens (including phenoxy) is 1. The minimum atomic E-state index is -0.494. The second-order valence-electron chi connectivity index (χ2n) is 5.91. The molecular weight excluding hydrogens is 362 g/mol. The van der Waals surface area contributed by atoms with E-state index in [1.54, 1.807) is 12.1 Å². The number of nitrogens with zero attached hydrogens (tertiary/aromatic N) is 3. The van der Waals surface area contributed by atoms with Crippen LogP contribution in [0.25, 0.3) is 22.2 Å². The van der Waals surface area contributed by atoms with Gasteiger partial charge in [-0.25, -0.2) is 4.79 Å². The molecule has 8 nitrogen and oxygen atoms in total. The van der Waals surface area contributed by atoms with E-state index in [4.69, 9.17) is 9.15 Å². The van der Waals surface area contributed by atoms with Crippen molar-refractivity contribution in [2.75, 3.05) is 0 Å². The van der Waals surface area contributed by atoms with Crippen LogP contribution in [0.2, 0.25) is 0 Å². The quantitative estimate of drug-likeness (QED) is 0.293. The van der Waals surface area contributed by atoms with Crippen molar-refractivity contribution in [3.05, 3.63) is 88.3 Å². The number of carbonyl (C=O) groups is 1. The summed E-state index contributed by atoms with van der Waals surface area (Å²) in [5.41, 5.74) is 0.949. The van der Waals surface area contributed by atoms with Crippen molar-refractivity contribution in [1.82, 2.24) is 10.2 Å². The molecule has 4 aromatic rings. The third-order valence-electron chi connectivity index (χ3n) is 4.13. The first-order valence-corrected chi connectivity index (χ1v) is 8.34. The third-order valence-corrected chi connectivity index (χ3v) is 4.13. The zero-order valence-corrected chi connectivity index (χ0v) is 14.4. The number of benzene rings is 3. The SMILES string of the molecule is O=C(OCc1nnc(-c2ccc([N+](=O)[O-])cc2)o1)c1cccc2ccccc12. The fourth-order valence-electron chi connectivity index (χ4n) is 2.76. The van der Waals surface area contributed by atoms with E-state index in [1.807, 2.05) is 30.3 Å². The summed E-state index contributed by atoms with van der Waals surface area (Å²) in [6, 6.07) is 18.6. The Hall–Kier alpha value is -4.07. The maximum atomic E-state index is 12.4. The van der Waals surface area contributed by atoms with Gasteiger partial charge in [0.15, 0.2) is 6.61 Å². The molecule has 1 aromatic heterocycles. The number of carbonyl (C=O) groups excluding carboxylic acids is 1. The van der Waals surface area contributed by atoms with Crippen molar-refractivity contribution in [2.24, 2.45) is 0 Å². The lowest BCUT2D eigenvalue weighted by Gasteiger charge is -2.05. The van der Waals surface area contributed by atoms with Gasteiger partial charge >= 0.3 is 5.97 Å². The first kappa shape index (κ1) is 17.3. The molecule has 28 heavy (non-hydrogen) atoms. The molecule has 3 aromatic carbocycles. The highest BCUT2D eigenvalue weighted by atomic mass is 16.6. The van der Waals surface area contributed by atoms with Crippen LogP contribution in [0.1, 0.15) is 16.2 Å². The average molecular weight is 375 g/mol. The normalized spacial score (nSPS) is 10.7. The van der Waals surface area contributed by atoms with Crippen molar-refractivity contribution in [3.63, 3.8) is 0 Å². The number of aromatic nitrogens is 2. The van der Waals surface area contributed by atoms with Crippen molar-refractivity contribution in [2.45, 2.75) is 6.61 Å². The fraction of sp³-hybridized carbons (Fsp3) is 0.0500. The van der Waals surface area contributed by atoms with Crippen molar-refractivity contribution in [3.8, 4) is 11.5 Å². The molecule has 0 N–H and O–H groups in total. The summed E-state index contributed by atoms with van der Waals surface area (Å²) >= 11 is 0. The molecule has 0 spiro atoms. The number of hydrogen-bond donors (Lipinski definition) is 0. The van der Waals surface area contributed by atoms with E-state index in [1.165, 1.54) is 24.3 Å². The molecule has 0 radical (unpaired) electrons. The first-order chi connectivity index (χ1) is 13.6. The Labute approximate surface area is 158 Å². The Morgan fingerprint density at radius 1 is 1.00 bits per heavy atom. The van der Waals surface area contributed by atoms with Crippen LogP contribution < -0.4 is 0 Å². The van der Waals surface area contributed by atoms with Gasteiger partial charge in [-0.05, 0) is 29.0 Å². The predicted molar refractivity (Wildman–Crippen MR) is 99.5 cm³/mol. The molecule has 0 saturated carbocycles. The van der Waals surface area contributed by atoms with Gasteiger partial charge in [0.1, 0.15) is 0 Å². The van der Waals surface area contributed by atoms with E-state index in [0.29, 0.717) is 11.1 Å². The molecule has 0 bridgehead atoms. The Morgan fingerprint density at radius 3 is 2.54 bits per heavy atom. The Balaban J connectivity index is 1.47. The lowest BCUT2D eigenvalue weighted by atomic mass is 10.1. The number of non-ortho nitro benzene ring substituents is 1. The van der Waals surface area contributed by atoms with E-state index in [2.05, 4.69) is 10.2 Å². The van der Waals surface area contributed by atoms with Crippen LogP contribution >= 0.6 is 0 Å². The van der Waals surface area contributed by atoms with Gasteiger partial charge < -0.3 is 9.15 Å². The summed E-state index contributed by atoms with van der Waals surface area (Å²) in [6.45, 7) is -0.179. The second kappa shape index (κ2) is 7.28. The summed E-state index contributed by atoms with van der Waals surface area (Å²) in [5, 5.41) is 20.2. The summed E-state index contributed by atoms with van der Waals surface area (Å²) in [6.07, 6.45) is 0. The van der Waals surface area contributed by atoms with Crippen molar-refractivity contribution in [1.29, 1.82) is 0 Å². The van der Waals surface area contributed by atoms with Gasteiger partial charge in [0.2, 0.25) is 5.89 Å². The van der Waals surface area contributed by atoms with E-state index in [-0.39, 0.29) is 24.1 Å². The number of esters is 1. The first-order valence-electron chi connectivity index (χ1n) is 8.34. The monoisotopic (exact) mass is 375 g/mol. The number of fused-ring (bicyclic) bond motifs is 1. The van der Waals surface area contributed by atoms with Gasteiger partial charge in [0.25, 0.3) is 11.6 Å². The highest BCUT2D eigenvalue weighted by molar-refractivity contribution is 6.04. The van der Waals surface area contributed by atoms with Crippen LogP contribution in [0.5, 0.6) is 0 Å². The smallest absolute Gasteiger partial charge is 0.339 e. The van der Waals surface area contributed by atoms with Gasteiger partial charge in [-0.1, -0.05) is 36.4 Å². The molecule has 0 unspecified atom stereocenters. The van der Waals surface area contributed by atoms with E-state index < -0.39 is 10.9 Å². The number of nitro benzene ring substituents is 1. The predicted octanol–water partition coefficient (Wildman–Crippen LogP) is 4.16.